The van der Waals surface area contributed by atoms with E-state index in [0.29, 0.717) is 11.5 Å². The third-order valence-corrected chi connectivity index (χ3v) is 8.25. The van der Waals surface area contributed by atoms with Gasteiger partial charge in [-0.15, -0.1) is 0 Å². The SMILES string of the molecule is COc1cc(OC)cc(C(OP(=O)(OCCC#N)O[C@H]2C[C@H](n3cc(C)c(=O)[nH]c3=O)O[C@@H]2CO)C(=O)c2ccccc2)c1. The number of benzene rings is 2. The van der Waals surface area contributed by atoms with E-state index in [1.165, 1.54) is 39.5 Å². The van der Waals surface area contributed by atoms with Crippen molar-refractivity contribution in [3.63, 3.8) is 0 Å². The molecule has 14 nitrogen and oxygen atoms in total. The van der Waals surface area contributed by atoms with Crippen LogP contribution in [0.25, 0.3) is 0 Å². The highest BCUT2D eigenvalue weighted by Crippen LogP contribution is 2.56. The van der Waals surface area contributed by atoms with Crippen molar-refractivity contribution in [2.45, 2.75) is 44.3 Å². The molecular weight excluding hydrogens is 597 g/mol. The van der Waals surface area contributed by atoms with Crippen LogP contribution in [0.1, 0.15) is 46.7 Å². The van der Waals surface area contributed by atoms with Crippen molar-refractivity contribution in [3.05, 3.63) is 92.3 Å². The topological polar surface area (TPSA) is 188 Å². The number of carbonyl (C=O) groups is 1. The largest absolute Gasteiger partial charge is 0.497 e. The zero-order valence-electron chi connectivity index (χ0n) is 24.2. The Morgan fingerprint density at radius 3 is 2.48 bits per heavy atom. The molecule has 2 unspecified atom stereocenters. The van der Waals surface area contributed by atoms with E-state index in [9.17, 15) is 24.1 Å². The summed E-state index contributed by atoms with van der Waals surface area (Å²) in [7, 11) is -1.88. The molecule has 1 saturated heterocycles. The van der Waals surface area contributed by atoms with E-state index in [1.807, 2.05) is 6.07 Å². The normalized spacial score (nSPS) is 19.9. The van der Waals surface area contributed by atoms with Crippen molar-refractivity contribution in [3.8, 4) is 17.6 Å². The number of carbonyl (C=O) groups excluding carboxylic acids is 1. The van der Waals surface area contributed by atoms with Crippen molar-refractivity contribution < 1.29 is 42.2 Å². The van der Waals surface area contributed by atoms with E-state index in [0.717, 1.165) is 4.57 Å². The van der Waals surface area contributed by atoms with Crippen LogP contribution >= 0.6 is 7.82 Å². The van der Waals surface area contributed by atoms with Gasteiger partial charge in [-0.1, -0.05) is 30.3 Å². The number of nitrogens with one attached hydrogen (secondary N) is 1. The van der Waals surface area contributed by atoms with Gasteiger partial charge in [0.2, 0.25) is 0 Å². The number of H-pyrrole nitrogens is 1. The van der Waals surface area contributed by atoms with Crippen molar-refractivity contribution in [1.29, 1.82) is 5.26 Å². The van der Waals surface area contributed by atoms with Crippen molar-refractivity contribution in [2.24, 2.45) is 0 Å². The standard InChI is InChI=1S/C29H32N3O11P/c1-18-16-32(29(36)31-28(18)35)25-15-23(24(17-33)41-25)42-44(37,40-11-7-10-30)43-27(26(34)19-8-5-4-6-9-19)20-12-21(38-2)14-22(13-20)39-3/h4-6,8-9,12-14,16,23-25,27,33H,7,11,15,17H2,1-3H3,(H,31,35,36)/t23-,24+,25+,27?,44?/m0/s1. The van der Waals surface area contributed by atoms with Gasteiger partial charge in [0.1, 0.15) is 29.9 Å². The Balaban J connectivity index is 1.72. The highest BCUT2D eigenvalue weighted by molar-refractivity contribution is 7.48. The van der Waals surface area contributed by atoms with Crippen LogP contribution in [0, 0.1) is 18.3 Å². The molecule has 3 aromatic rings. The molecule has 5 atom stereocenters. The Hall–Kier alpha value is -4.09. The third kappa shape index (κ3) is 7.70. The molecule has 2 aromatic carbocycles. The Labute approximate surface area is 252 Å². The lowest BCUT2D eigenvalue weighted by atomic mass is 9.99. The number of ketones is 1. The molecule has 44 heavy (non-hydrogen) atoms. The van der Waals surface area contributed by atoms with Crippen molar-refractivity contribution >= 4 is 13.6 Å². The first kappa shape index (κ1) is 32.8. The number of phosphoric acid groups is 1. The molecule has 0 amide bonds. The number of rotatable bonds is 14. The number of aryl methyl sites for hydroxylation is 1. The van der Waals surface area contributed by atoms with Gasteiger partial charge in [0.25, 0.3) is 5.56 Å². The number of methoxy groups -OCH3 is 2. The lowest BCUT2D eigenvalue weighted by Crippen LogP contribution is -2.33. The number of hydrogen-bond acceptors (Lipinski definition) is 12. The van der Waals surface area contributed by atoms with Gasteiger partial charge in [-0.2, -0.15) is 5.26 Å². The number of aromatic amines is 1. The fourth-order valence-corrected chi connectivity index (χ4v) is 6.04. The van der Waals surface area contributed by atoms with Gasteiger partial charge in [-0.3, -0.25) is 32.7 Å². The van der Waals surface area contributed by atoms with Gasteiger partial charge < -0.3 is 19.3 Å². The number of nitrogens with zero attached hydrogens (tertiary/aromatic N) is 2. The number of phosphoric ester groups is 1. The average molecular weight is 630 g/mol. The Morgan fingerprint density at radius 2 is 1.86 bits per heavy atom. The van der Waals surface area contributed by atoms with Gasteiger partial charge >= 0.3 is 13.5 Å². The maximum atomic E-state index is 14.3. The smallest absolute Gasteiger partial charge is 0.476 e. The summed E-state index contributed by atoms with van der Waals surface area (Å²) in [6.45, 7) is 0.528. The van der Waals surface area contributed by atoms with E-state index in [-0.39, 0.29) is 36.1 Å². The molecular formula is C29H32N3O11P. The zero-order chi connectivity index (χ0) is 31.9. The van der Waals surface area contributed by atoms with Crippen LogP contribution in [0.3, 0.4) is 0 Å². The maximum absolute atomic E-state index is 14.3. The third-order valence-electron chi connectivity index (χ3n) is 6.75. The van der Waals surface area contributed by atoms with Gasteiger partial charge in [0.05, 0.1) is 39.9 Å². The van der Waals surface area contributed by atoms with Crippen LogP contribution in [0.5, 0.6) is 11.5 Å². The summed E-state index contributed by atoms with van der Waals surface area (Å²) >= 11 is 0. The van der Waals surface area contributed by atoms with E-state index in [1.54, 1.807) is 36.4 Å². The molecule has 0 saturated carbocycles. The highest BCUT2D eigenvalue weighted by Gasteiger charge is 2.45. The summed E-state index contributed by atoms with van der Waals surface area (Å²) in [4.78, 5) is 40.3. The second kappa shape index (κ2) is 14.6. The monoisotopic (exact) mass is 629 g/mol. The second-order valence-electron chi connectivity index (χ2n) is 9.72. The molecule has 2 heterocycles. The first-order valence-corrected chi connectivity index (χ1v) is 15.0. The second-order valence-corrected chi connectivity index (χ2v) is 11.3. The molecule has 234 valence electrons. The number of nitriles is 1. The minimum absolute atomic E-state index is 0.115. The van der Waals surface area contributed by atoms with Crippen LogP contribution < -0.4 is 20.7 Å². The van der Waals surface area contributed by atoms with Gasteiger partial charge in [-0.05, 0) is 24.6 Å². The molecule has 0 aliphatic carbocycles. The number of aromatic nitrogens is 2. The molecule has 1 aliphatic rings. The summed E-state index contributed by atoms with van der Waals surface area (Å²) < 4.78 is 49.2. The zero-order valence-corrected chi connectivity index (χ0v) is 25.1. The highest BCUT2D eigenvalue weighted by atomic mass is 31.2. The van der Waals surface area contributed by atoms with Crippen LogP contribution in [0.2, 0.25) is 0 Å². The van der Waals surface area contributed by atoms with Crippen LogP contribution in [-0.2, 0) is 22.9 Å². The molecule has 4 rings (SSSR count). The van der Waals surface area contributed by atoms with Gasteiger partial charge in [0.15, 0.2) is 11.9 Å². The lowest BCUT2D eigenvalue weighted by Gasteiger charge is -2.27. The Kier molecular flexibility index (Phi) is 10.9. The number of Topliss-reactive ketones (excluding diaryl/α,β-unsaturated/α-hetero) is 1. The van der Waals surface area contributed by atoms with E-state index in [4.69, 9.17) is 33.0 Å². The minimum Gasteiger partial charge on any atom is -0.497 e. The molecule has 1 aromatic heterocycles. The molecule has 0 radical (unpaired) electrons. The van der Waals surface area contributed by atoms with Gasteiger partial charge in [0, 0.05) is 29.8 Å². The van der Waals surface area contributed by atoms with Crippen molar-refractivity contribution in [1.82, 2.24) is 9.55 Å². The summed E-state index contributed by atoms with van der Waals surface area (Å²) in [5.74, 6) is 0.0519. The predicted octanol–water partition coefficient (Wildman–Crippen LogP) is 3.21. The Bertz CT molecular complexity index is 1650. The summed E-state index contributed by atoms with van der Waals surface area (Å²) in [5, 5.41) is 19.1. The molecule has 0 spiro atoms. The van der Waals surface area contributed by atoms with Crippen molar-refractivity contribution in [2.75, 3.05) is 27.4 Å². The van der Waals surface area contributed by atoms with Gasteiger partial charge in [-0.25, -0.2) is 9.36 Å². The number of aliphatic hydroxyl groups is 1. The summed E-state index contributed by atoms with van der Waals surface area (Å²) in [6, 6.07) is 14.6. The summed E-state index contributed by atoms with van der Waals surface area (Å²) in [5.41, 5.74) is -0.649. The van der Waals surface area contributed by atoms with Crippen LogP contribution in [-0.4, -0.2) is 60.1 Å². The average Bonchev–Trinajstić information content (AvgIpc) is 3.43. The maximum Gasteiger partial charge on any atom is 0.476 e. The number of aliphatic hydroxyl groups excluding tert-OH is 1. The predicted molar refractivity (Wildman–Crippen MR) is 154 cm³/mol. The molecule has 1 aliphatic heterocycles. The van der Waals surface area contributed by atoms with E-state index < -0.39 is 56.0 Å². The fourth-order valence-electron chi connectivity index (χ4n) is 4.52. The lowest BCUT2D eigenvalue weighted by molar-refractivity contribution is -0.0489. The first-order valence-electron chi connectivity index (χ1n) is 13.5. The number of hydrogen-bond donors (Lipinski definition) is 2. The minimum atomic E-state index is -4.73. The molecule has 15 heteroatoms. The van der Waals surface area contributed by atoms with E-state index in [2.05, 4.69) is 4.98 Å². The Morgan fingerprint density at radius 1 is 1.18 bits per heavy atom. The summed E-state index contributed by atoms with van der Waals surface area (Å²) in [6.07, 6.45) is -3.84. The fraction of sp³-hybridized carbons (Fsp3) is 0.379. The van der Waals surface area contributed by atoms with Crippen LogP contribution in [0.15, 0.2) is 64.3 Å². The number of ether oxygens (including phenoxy) is 3. The molecule has 0 bridgehead atoms. The quantitative estimate of drug-likeness (QED) is 0.151. The van der Waals surface area contributed by atoms with Crippen LogP contribution in [0.4, 0.5) is 0 Å². The first-order chi connectivity index (χ1) is 21.1. The van der Waals surface area contributed by atoms with E-state index >= 15 is 0 Å². The molecule has 2 N–H and O–H groups in total. The molecule has 1 fully saturated rings.